The summed E-state index contributed by atoms with van der Waals surface area (Å²) in [6.07, 6.45) is -2.46. The maximum Gasteiger partial charge on any atom is 0.459 e. The van der Waals surface area contributed by atoms with E-state index in [0.717, 1.165) is 21.4 Å². The minimum Gasteiger partial charge on any atom is -0.221 e. The summed E-state index contributed by atoms with van der Waals surface area (Å²) in [7, 11) is 0. The maximum absolute atomic E-state index is 13.6. The number of hydrogen-bond donors (Lipinski definition) is 0. The van der Waals surface area contributed by atoms with Crippen LogP contribution in [0.15, 0.2) is 35.9 Å². The molecule has 2 aromatic rings. The highest BCUT2D eigenvalue weighted by molar-refractivity contribution is 6.29. The van der Waals surface area contributed by atoms with E-state index in [1.165, 1.54) is 0 Å². The number of allylic oxidation sites excluding steroid dienone is 2. The van der Waals surface area contributed by atoms with Gasteiger partial charge in [0.05, 0.1) is 5.69 Å². The van der Waals surface area contributed by atoms with E-state index >= 15 is 0 Å². The molecule has 0 radical (unpaired) electrons. The highest BCUT2D eigenvalue weighted by Gasteiger charge is 2.60. The van der Waals surface area contributed by atoms with E-state index in [9.17, 15) is 22.0 Å². The average molecular weight is 393 g/mol. The largest absolute Gasteiger partial charge is 0.459 e. The second kappa shape index (κ2) is 7.39. The van der Waals surface area contributed by atoms with Crippen LogP contribution in [0.25, 0.3) is 5.69 Å². The second-order valence-corrected chi connectivity index (χ2v) is 6.68. The lowest BCUT2D eigenvalue weighted by Crippen LogP contribution is -2.34. The zero-order valence-corrected chi connectivity index (χ0v) is 15.2. The van der Waals surface area contributed by atoms with Crippen molar-refractivity contribution in [2.45, 2.75) is 45.7 Å². The summed E-state index contributed by atoms with van der Waals surface area (Å²) in [6, 6.07) is 5.84. The Bertz CT molecular complexity index is 817. The molecule has 0 fully saturated rings. The van der Waals surface area contributed by atoms with Gasteiger partial charge in [-0.25, -0.2) is 4.68 Å². The number of nitrogens with zero attached hydrogens (tertiary/aromatic N) is 2. The van der Waals surface area contributed by atoms with Gasteiger partial charge in [0.2, 0.25) is 0 Å². The van der Waals surface area contributed by atoms with Crippen molar-refractivity contribution in [3.05, 3.63) is 57.9 Å². The molecule has 0 aliphatic carbocycles. The van der Waals surface area contributed by atoms with Crippen LogP contribution in [0.4, 0.5) is 22.0 Å². The van der Waals surface area contributed by atoms with Crippen LogP contribution in [0.1, 0.15) is 37.1 Å². The number of rotatable bonds is 5. The Morgan fingerprint density at radius 1 is 1.15 bits per heavy atom. The van der Waals surface area contributed by atoms with E-state index < -0.39 is 17.8 Å². The first-order valence-electron chi connectivity index (χ1n) is 7.87. The molecule has 142 valence electrons. The molecule has 0 saturated heterocycles. The van der Waals surface area contributed by atoms with Crippen LogP contribution in [-0.2, 0) is 12.3 Å². The van der Waals surface area contributed by atoms with Crippen molar-refractivity contribution in [2.75, 3.05) is 0 Å². The summed E-state index contributed by atoms with van der Waals surface area (Å²) in [6.45, 7) is 5.68. The summed E-state index contributed by atoms with van der Waals surface area (Å²) >= 11 is 5.93. The zero-order chi connectivity index (χ0) is 19.7. The summed E-state index contributed by atoms with van der Waals surface area (Å²) in [5.41, 5.74) is 1.65. The Labute approximate surface area is 153 Å². The van der Waals surface area contributed by atoms with Gasteiger partial charge in [-0.05, 0) is 50.8 Å². The van der Waals surface area contributed by atoms with Gasteiger partial charge >= 0.3 is 12.1 Å². The molecule has 8 heteroatoms. The normalized spacial score (nSPS) is 12.3. The highest BCUT2D eigenvalue weighted by Crippen LogP contribution is 2.44. The first-order valence-corrected chi connectivity index (χ1v) is 8.25. The van der Waals surface area contributed by atoms with Crippen LogP contribution in [-0.4, -0.2) is 16.0 Å². The molecule has 0 atom stereocenters. The summed E-state index contributed by atoms with van der Waals surface area (Å²) in [4.78, 5) is 0. The zero-order valence-electron chi connectivity index (χ0n) is 14.5. The molecule has 0 bridgehead atoms. The van der Waals surface area contributed by atoms with Crippen LogP contribution < -0.4 is 0 Å². The van der Waals surface area contributed by atoms with Gasteiger partial charge < -0.3 is 0 Å². The van der Waals surface area contributed by atoms with Gasteiger partial charge in [0.15, 0.2) is 0 Å². The Kier molecular flexibility index (Phi) is 5.80. The first-order chi connectivity index (χ1) is 11.9. The smallest absolute Gasteiger partial charge is 0.221 e. The van der Waals surface area contributed by atoms with Crippen molar-refractivity contribution in [1.29, 1.82) is 0 Å². The fraction of sp³-hybridized carbons (Fsp3) is 0.389. The second-order valence-electron chi connectivity index (χ2n) is 6.29. The van der Waals surface area contributed by atoms with E-state index in [0.29, 0.717) is 24.6 Å². The third-order valence-corrected chi connectivity index (χ3v) is 4.05. The minimum atomic E-state index is -5.74. The molecule has 0 unspecified atom stereocenters. The number of aryl methyl sites for hydroxylation is 2. The monoisotopic (exact) mass is 392 g/mol. The van der Waals surface area contributed by atoms with Crippen molar-refractivity contribution in [3.8, 4) is 5.69 Å². The van der Waals surface area contributed by atoms with Crippen LogP contribution in [0.3, 0.4) is 0 Å². The lowest BCUT2D eigenvalue weighted by atomic mass is 10.0. The third-order valence-electron chi connectivity index (χ3n) is 3.78. The molecule has 0 aliphatic rings. The molecule has 1 aromatic heterocycles. The van der Waals surface area contributed by atoms with Crippen molar-refractivity contribution in [2.24, 2.45) is 0 Å². The standard InChI is InChI=1S/C18H18ClF5N2/c1-11(2)5-4-6-13-8-7-12(3)9-14(13)26-16(19)10-15(25-26)17(20,21)18(22,23)24/h5,7-10H,4,6H2,1-3H3. The highest BCUT2D eigenvalue weighted by atomic mass is 35.5. The summed E-state index contributed by atoms with van der Waals surface area (Å²) < 4.78 is 65.9. The Balaban J connectivity index is 2.49. The lowest BCUT2D eigenvalue weighted by molar-refractivity contribution is -0.291. The lowest BCUT2D eigenvalue weighted by Gasteiger charge is -2.17. The predicted molar refractivity (Wildman–Crippen MR) is 91.0 cm³/mol. The van der Waals surface area contributed by atoms with Gasteiger partial charge in [0.25, 0.3) is 0 Å². The van der Waals surface area contributed by atoms with Crippen LogP contribution >= 0.6 is 11.6 Å². The Hall–Kier alpha value is -1.89. The number of aromatic nitrogens is 2. The van der Waals surface area contributed by atoms with Crippen LogP contribution in [0, 0.1) is 6.92 Å². The summed E-state index contributed by atoms with van der Waals surface area (Å²) in [5, 5.41) is 3.16. The van der Waals surface area contributed by atoms with E-state index in [-0.39, 0.29) is 5.15 Å². The number of alkyl halides is 5. The first kappa shape index (κ1) is 20.4. The van der Waals surface area contributed by atoms with Crippen LogP contribution in [0.5, 0.6) is 0 Å². The van der Waals surface area contributed by atoms with Gasteiger partial charge in [-0.2, -0.15) is 27.1 Å². The quantitative estimate of drug-likeness (QED) is 0.426. The predicted octanol–water partition coefficient (Wildman–Crippen LogP) is 6.39. The van der Waals surface area contributed by atoms with Gasteiger partial charge in [-0.1, -0.05) is 35.4 Å². The van der Waals surface area contributed by atoms with Crippen molar-refractivity contribution in [3.63, 3.8) is 0 Å². The van der Waals surface area contributed by atoms with Crippen molar-refractivity contribution in [1.82, 2.24) is 9.78 Å². The summed E-state index contributed by atoms with van der Waals surface area (Å²) in [5.74, 6) is -5.08. The molecule has 0 N–H and O–H groups in total. The Morgan fingerprint density at radius 2 is 1.81 bits per heavy atom. The Morgan fingerprint density at radius 3 is 2.38 bits per heavy atom. The maximum atomic E-state index is 13.6. The number of halogens is 6. The van der Waals surface area contributed by atoms with Crippen LogP contribution in [0.2, 0.25) is 5.15 Å². The van der Waals surface area contributed by atoms with Crippen molar-refractivity contribution >= 4 is 11.6 Å². The molecule has 0 spiro atoms. The fourth-order valence-corrected chi connectivity index (χ4v) is 2.66. The van der Waals surface area contributed by atoms with E-state index in [2.05, 4.69) is 5.10 Å². The topological polar surface area (TPSA) is 17.8 Å². The number of benzene rings is 1. The minimum absolute atomic E-state index is 0.307. The molecule has 0 saturated carbocycles. The van der Waals surface area contributed by atoms with E-state index in [1.807, 2.05) is 26.0 Å². The fourth-order valence-electron chi connectivity index (χ4n) is 2.42. The molecular weight excluding hydrogens is 375 g/mol. The molecule has 0 aliphatic heterocycles. The van der Waals surface area contributed by atoms with Gasteiger partial charge in [0.1, 0.15) is 10.8 Å². The molecule has 26 heavy (non-hydrogen) atoms. The van der Waals surface area contributed by atoms with Gasteiger partial charge in [-0.3, -0.25) is 0 Å². The SMILES string of the molecule is CC(C)=CCCc1ccc(C)cc1-n1nc(C(F)(F)C(F)(F)F)cc1Cl. The van der Waals surface area contributed by atoms with E-state index in [4.69, 9.17) is 11.6 Å². The third kappa shape index (κ3) is 4.26. The molecule has 0 amide bonds. The van der Waals surface area contributed by atoms with Gasteiger partial charge in [0, 0.05) is 6.07 Å². The van der Waals surface area contributed by atoms with E-state index in [1.54, 1.807) is 19.1 Å². The average Bonchev–Trinajstić information content (AvgIpc) is 2.89. The molecule has 1 heterocycles. The molecule has 2 rings (SSSR count). The molecule has 2 nitrogen and oxygen atoms in total. The number of hydrogen-bond acceptors (Lipinski definition) is 1. The molecular formula is C18H18ClF5N2. The van der Waals surface area contributed by atoms with Gasteiger partial charge in [-0.15, -0.1) is 0 Å². The van der Waals surface area contributed by atoms with Crippen molar-refractivity contribution < 1.29 is 22.0 Å². The molecule has 1 aromatic carbocycles.